The van der Waals surface area contributed by atoms with Crippen molar-refractivity contribution in [3.63, 3.8) is 0 Å². The van der Waals surface area contributed by atoms with Gasteiger partial charge in [-0.05, 0) is 29.8 Å². The van der Waals surface area contributed by atoms with Crippen molar-refractivity contribution in [2.24, 2.45) is 0 Å². The molecule has 0 atom stereocenters. The van der Waals surface area contributed by atoms with E-state index >= 15 is 0 Å². The lowest BCUT2D eigenvalue weighted by atomic mass is 10.2. The quantitative estimate of drug-likeness (QED) is 0.394. The lowest BCUT2D eigenvalue weighted by molar-refractivity contribution is -0.121. The molecular weight excluding hydrogens is 440 g/mol. The van der Waals surface area contributed by atoms with Gasteiger partial charge >= 0.3 is 0 Å². The van der Waals surface area contributed by atoms with Crippen LogP contribution in [0.4, 0.5) is 10.8 Å². The maximum absolute atomic E-state index is 13.2. The Morgan fingerprint density at radius 3 is 2.52 bits per heavy atom. The molecule has 0 bridgehead atoms. The number of hydrogen-bond acceptors (Lipinski definition) is 7. The molecule has 0 saturated heterocycles. The van der Waals surface area contributed by atoms with Crippen LogP contribution in [0.25, 0.3) is 0 Å². The first kappa shape index (κ1) is 24.2. The van der Waals surface area contributed by atoms with Gasteiger partial charge in [0, 0.05) is 44.2 Å². The predicted molar refractivity (Wildman–Crippen MR) is 129 cm³/mol. The summed E-state index contributed by atoms with van der Waals surface area (Å²) in [6.45, 7) is 1.56. The first-order valence-electron chi connectivity index (χ1n) is 10.5. The maximum Gasteiger partial charge on any atom is 0.273 e. The largest absolute Gasteiger partial charge is 0.497 e. The number of aromatic nitrogens is 1. The van der Waals surface area contributed by atoms with E-state index in [2.05, 4.69) is 15.6 Å². The molecule has 9 heteroatoms. The highest BCUT2D eigenvalue weighted by Crippen LogP contribution is 2.24. The number of nitrogens with zero attached hydrogens (tertiary/aromatic N) is 2. The van der Waals surface area contributed by atoms with Gasteiger partial charge < -0.3 is 25.0 Å². The third-order valence-electron chi connectivity index (χ3n) is 4.81. The van der Waals surface area contributed by atoms with E-state index in [4.69, 9.17) is 9.47 Å². The molecule has 1 heterocycles. The Hall–Kier alpha value is -3.43. The number of nitrogens with one attached hydrogen (secondary N) is 2. The van der Waals surface area contributed by atoms with Crippen LogP contribution in [0.1, 0.15) is 22.5 Å². The second kappa shape index (κ2) is 12.6. The van der Waals surface area contributed by atoms with E-state index in [1.807, 2.05) is 54.6 Å². The summed E-state index contributed by atoms with van der Waals surface area (Å²) in [5.41, 5.74) is 2.17. The van der Waals surface area contributed by atoms with E-state index in [1.165, 1.54) is 11.3 Å². The zero-order valence-electron chi connectivity index (χ0n) is 18.7. The van der Waals surface area contributed by atoms with Gasteiger partial charge in [-0.1, -0.05) is 30.3 Å². The monoisotopic (exact) mass is 468 g/mol. The molecule has 2 amide bonds. The van der Waals surface area contributed by atoms with Gasteiger partial charge in [-0.15, -0.1) is 11.3 Å². The number of amides is 2. The Balaban J connectivity index is 1.67. The van der Waals surface area contributed by atoms with Crippen LogP contribution in [-0.4, -0.2) is 55.6 Å². The number of benzene rings is 2. The van der Waals surface area contributed by atoms with Crippen LogP contribution >= 0.6 is 11.3 Å². The van der Waals surface area contributed by atoms with Crippen molar-refractivity contribution in [3.8, 4) is 5.75 Å². The first-order chi connectivity index (χ1) is 16.1. The van der Waals surface area contributed by atoms with E-state index in [9.17, 15) is 9.59 Å². The van der Waals surface area contributed by atoms with Crippen LogP contribution < -0.4 is 15.4 Å². The minimum atomic E-state index is -0.220. The molecule has 0 radical (unpaired) electrons. The fourth-order valence-electron chi connectivity index (χ4n) is 3.06. The first-order valence-corrected chi connectivity index (χ1v) is 11.4. The highest BCUT2D eigenvalue weighted by molar-refractivity contribution is 7.14. The Kier molecular flexibility index (Phi) is 9.22. The molecule has 0 aliphatic heterocycles. The van der Waals surface area contributed by atoms with Crippen LogP contribution in [-0.2, 0) is 16.1 Å². The number of thiazole rings is 1. The molecule has 0 spiro atoms. The average Bonchev–Trinajstić information content (AvgIpc) is 3.31. The molecule has 0 fully saturated rings. The van der Waals surface area contributed by atoms with E-state index in [0.29, 0.717) is 30.5 Å². The lowest BCUT2D eigenvalue weighted by Crippen LogP contribution is -2.35. The van der Waals surface area contributed by atoms with E-state index in [1.54, 1.807) is 24.5 Å². The summed E-state index contributed by atoms with van der Waals surface area (Å²) >= 11 is 1.35. The van der Waals surface area contributed by atoms with Crippen LogP contribution in [0.5, 0.6) is 5.75 Å². The van der Waals surface area contributed by atoms with Gasteiger partial charge in [-0.25, -0.2) is 4.98 Å². The normalized spacial score (nSPS) is 10.5. The molecular formula is C24H28N4O4S. The summed E-state index contributed by atoms with van der Waals surface area (Å²) in [6.07, 6.45) is 0.198. The molecule has 2 N–H and O–H groups in total. The number of hydrogen-bond donors (Lipinski definition) is 2. The highest BCUT2D eigenvalue weighted by atomic mass is 32.1. The van der Waals surface area contributed by atoms with Crippen LogP contribution in [0.2, 0.25) is 0 Å². The lowest BCUT2D eigenvalue weighted by Gasteiger charge is -2.22. The highest BCUT2D eigenvalue weighted by Gasteiger charge is 2.20. The van der Waals surface area contributed by atoms with Crippen molar-refractivity contribution in [1.82, 2.24) is 15.2 Å². The Labute approximate surface area is 197 Å². The molecule has 8 nitrogen and oxygen atoms in total. The van der Waals surface area contributed by atoms with Gasteiger partial charge in [-0.3, -0.25) is 9.59 Å². The minimum absolute atomic E-state index is 0.127. The fraction of sp³-hybridized carbons (Fsp3) is 0.292. The summed E-state index contributed by atoms with van der Waals surface area (Å²) in [5, 5.41) is 8.33. The molecule has 174 valence electrons. The minimum Gasteiger partial charge on any atom is -0.497 e. The number of methoxy groups -OCH3 is 2. The number of ether oxygens (including phenoxy) is 2. The molecule has 0 aliphatic carbocycles. The maximum atomic E-state index is 13.2. The van der Waals surface area contributed by atoms with Gasteiger partial charge in [-0.2, -0.15) is 0 Å². The molecule has 3 aromatic rings. The molecule has 33 heavy (non-hydrogen) atoms. The van der Waals surface area contributed by atoms with Gasteiger partial charge in [0.05, 0.1) is 13.7 Å². The molecule has 0 unspecified atom stereocenters. The topological polar surface area (TPSA) is 92.8 Å². The third-order valence-corrected chi connectivity index (χ3v) is 5.56. The number of carbonyl (C=O) groups excluding carboxylic acids is 2. The summed E-state index contributed by atoms with van der Waals surface area (Å²) in [5.74, 6) is 0.416. The predicted octanol–water partition coefficient (Wildman–Crippen LogP) is 3.69. The second-order valence-corrected chi connectivity index (χ2v) is 8.05. The van der Waals surface area contributed by atoms with Crippen LogP contribution in [0.15, 0.2) is 60.0 Å². The molecule has 3 rings (SSSR count). The van der Waals surface area contributed by atoms with E-state index in [0.717, 1.165) is 17.0 Å². The van der Waals surface area contributed by atoms with Crippen molar-refractivity contribution < 1.29 is 19.1 Å². The van der Waals surface area contributed by atoms with Gasteiger partial charge in [0.15, 0.2) is 5.13 Å². The number of rotatable bonds is 12. The SMILES string of the molecule is COCCNC(=O)CCN(Cc1ccccc1)C(=O)c1csc(Nc2ccc(OC)cc2)n1. The number of anilines is 2. The Morgan fingerprint density at radius 2 is 1.82 bits per heavy atom. The zero-order valence-corrected chi connectivity index (χ0v) is 19.6. The summed E-state index contributed by atoms with van der Waals surface area (Å²) in [7, 11) is 3.20. The molecule has 0 aliphatic rings. The smallest absolute Gasteiger partial charge is 0.273 e. The standard InChI is InChI=1S/C24H28N4O4S/c1-31-15-13-25-22(29)12-14-28(16-18-6-4-3-5-7-18)23(30)21-17-33-24(27-21)26-19-8-10-20(32-2)11-9-19/h3-11,17H,12-16H2,1-2H3,(H,25,29)(H,26,27). The van der Waals surface area contributed by atoms with Gasteiger partial charge in [0.25, 0.3) is 5.91 Å². The third kappa shape index (κ3) is 7.58. The van der Waals surface area contributed by atoms with Crippen LogP contribution in [0, 0.1) is 0 Å². The van der Waals surface area contributed by atoms with Gasteiger partial charge in [0.1, 0.15) is 11.4 Å². The molecule has 1 aromatic heterocycles. The van der Waals surface area contributed by atoms with E-state index < -0.39 is 0 Å². The van der Waals surface area contributed by atoms with Crippen molar-refractivity contribution in [1.29, 1.82) is 0 Å². The summed E-state index contributed by atoms with van der Waals surface area (Å²) in [6, 6.07) is 17.1. The Bertz CT molecular complexity index is 1020. The summed E-state index contributed by atoms with van der Waals surface area (Å²) in [4.78, 5) is 31.5. The molecule has 0 saturated carbocycles. The zero-order chi connectivity index (χ0) is 23.5. The van der Waals surface area contributed by atoms with Crippen molar-refractivity contribution in [2.75, 3.05) is 39.2 Å². The van der Waals surface area contributed by atoms with Crippen molar-refractivity contribution in [2.45, 2.75) is 13.0 Å². The van der Waals surface area contributed by atoms with Gasteiger partial charge in [0.2, 0.25) is 5.91 Å². The fourth-order valence-corrected chi connectivity index (χ4v) is 3.77. The second-order valence-electron chi connectivity index (χ2n) is 7.20. The molecule has 2 aromatic carbocycles. The van der Waals surface area contributed by atoms with Crippen LogP contribution in [0.3, 0.4) is 0 Å². The van der Waals surface area contributed by atoms with Crippen molar-refractivity contribution in [3.05, 3.63) is 71.2 Å². The van der Waals surface area contributed by atoms with E-state index in [-0.39, 0.29) is 24.8 Å². The number of carbonyl (C=O) groups is 2. The average molecular weight is 469 g/mol. The van der Waals surface area contributed by atoms with Crippen molar-refractivity contribution >= 4 is 34.0 Å². The summed E-state index contributed by atoms with van der Waals surface area (Å²) < 4.78 is 10.1. The Morgan fingerprint density at radius 1 is 1.06 bits per heavy atom.